The van der Waals surface area contributed by atoms with Crippen molar-refractivity contribution in [2.75, 3.05) is 32.0 Å². The molecule has 4 rings (SSSR count). The predicted molar refractivity (Wildman–Crippen MR) is 129 cm³/mol. The molecule has 1 aromatic heterocycles. The van der Waals surface area contributed by atoms with Crippen LogP contribution in [0.1, 0.15) is 24.7 Å². The molecule has 0 aliphatic rings. The highest BCUT2D eigenvalue weighted by Gasteiger charge is 2.09. The predicted octanol–water partition coefficient (Wildman–Crippen LogP) is 5.99. The van der Waals surface area contributed by atoms with Crippen molar-refractivity contribution in [1.29, 1.82) is 0 Å². The van der Waals surface area contributed by atoms with Crippen molar-refractivity contribution in [1.82, 2.24) is 14.9 Å². The summed E-state index contributed by atoms with van der Waals surface area (Å²) in [6.45, 7) is 4.94. The number of aromatic nitrogens is 2. The van der Waals surface area contributed by atoms with E-state index in [1.807, 2.05) is 12.1 Å². The van der Waals surface area contributed by atoms with Crippen LogP contribution < -0.4 is 5.32 Å². The fraction of sp³-hybridized carbons (Fsp3) is 0.231. The van der Waals surface area contributed by atoms with Gasteiger partial charge in [0, 0.05) is 11.9 Å². The fourth-order valence-electron chi connectivity index (χ4n) is 3.54. The fourth-order valence-corrected chi connectivity index (χ4v) is 3.54. The summed E-state index contributed by atoms with van der Waals surface area (Å²) < 4.78 is 26.7. The van der Waals surface area contributed by atoms with Gasteiger partial charge in [-0.15, -0.1) is 0 Å². The zero-order valence-electron chi connectivity index (χ0n) is 18.3. The largest absolute Gasteiger partial charge is 0.369 e. The van der Waals surface area contributed by atoms with E-state index in [0.717, 1.165) is 65.7 Å². The van der Waals surface area contributed by atoms with E-state index >= 15 is 0 Å². The van der Waals surface area contributed by atoms with Crippen LogP contribution >= 0.6 is 0 Å². The van der Waals surface area contributed by atoms with Crippen LogP contribution in [0.3, 0.4) is 0 Å². The van der Waals surface area contributed by atoms with Gasteiger partial charge in [-0.2, -0.15) is 0 Å². The molecule has 1 heterocycles. The zero-order chi connectivity index (χ0) is 22.5. The summed E-state index contributed by atoms with van der Waals surface area (Å²) in [6.07, 6.45) is 4.39. The summed E-state index contributed by atoms with van der Waals surface area (Å²) in [7, 11) is 2.10. The van der Waals surface area contributed by atoms with Crippen LogP contribution in [0, 0.1) is 11.6 Å². The number of hydrogen-bond donors (Lipinski definition) is 1. The highest BCUT2D eigenvalue weighted by Crippen LogP contribution is 2.27. The summed E-state index contributed by atoms with van der Waals surface area (Å²) in [5, 5.41) is 6.65. The molecule has 1 N–H and O–H groups in total. The topological polar surface area (TPSA) is 41.0 Å². The first kappa shape index (κ1) is 21.8. The van der Waals surface area contributed by atoms with Gasteiger partial charge in [-0.05, 0) is 73.2 Å². The number of halogens is 2. The second kappa shape index (κ2) is 9.83. The average molecular weight is 433 g/mol. The van der Waals surface area contributed by atoms with Crippen molar-refractivity contribution in [3.05, 3.63) is 77.6 Å². The van der Waals surface area contributed by atoms with Gasteiger partial charge in [0.25, 0.3) is 0 Å². The summed E-state index contributed by atoms with van der Waals surface area (Å²) in [4.78, 5) is 11.7. The molecule has 164 valence electrons. The van der Waals surface area contributed by atoms with E-state index in [4.69, 9.17) is 9.97 Å². The lowest BCUT2D eigenvalue weighted by Gasteiger charge is -2.15. The molecule has 6 heteroatoms. The summed E-state index contributed by atoms with van der Waals surface area (Å²) in [5.74, 6) is -0.468. The van der Waals surface area contributed by atoms with Gasteiger partial charge in [-0.25, -0.2) is 18.7 Å². The van der Waals surface area contributed by atoms with E-state index < -0.39 is 11.6 Å². The molecular weight excluding hydrogens is 406 g/mol. The summed E-state index contributed by atoms with van der Waals surface area (Å²) >= 11 is 0. The van der Waals surface area contributed by atoms with Gasteiger partial charge in [-0.1, -0.05) is 43.3 Å². The van der Waals surface area contributed by atoms with E-state index in [9.17, 15) is 8.78 Å². The van der Waals surface area contributed by atoms with Crippen LogP contribution in [0.4, 0.5) is 14.6 Å². The Bertz CT molecular complexity index is 1270. The third-order valence-corrected chi connectivity index (χ3v) is 5.50. The Kier molecular flexibility index (Phi) is 6.71. The number of anilines is 1. The Morgan fingerprint density at radius 3 is 2.47 bits per heavy atom. The first-order valence-corrected chi connectivity index (χ1v) is 10.8. The van der Waals surface area contributed by atoms with Crippen molar-refractivity contribution >= 4 is 39.6 Å². The summed E-state index contributed by atoms with van der Waals surface area (Å²) in [6, 6.07) is 16.1. The molecule has 0 unspecified atom stereocenters. The third kappa shape index (κ3) is 5.08. The second-order valence-corrected chi connectivity index (χ2v) is 7.83. The maximum absolute atomic E-state index is 13.5. The molecule has 0 spiro atoms. The van der Waals surface area contributed by atoms with Gasteiger partial charge in [-0.3, -0.25) is 0 Å². The first-order chi connectivity index (χ1) is 15.5. The Balaban J connectivity index is 1.68. The van der Waals surface area contributed by atoms with Crippen LogP contribution in [0.5, 0.6) is 0 Å². The number of benzene rings is 3. The number of nitrogens with one attached hydrogen (secondary N) is 1. The van der Waals surface area contributed by atoms with Crippen LogP contribution in [0.25, 0.3) is 33.8 Å². The minimum atomic E-state index is -0.877. The van der Waals surface area contributed by atoms with E-state index in [2.05, 4.69) is 48.5 Å². The van der Waals surface area contributed by atoms with Crippen molar-refractivity contribution < 1.29 is 8.78 Å². The van der Waals surface area contributed by atoms with Gasteiger partial charge in [0.05, 0.1) is 5.52 Å². The Labute approximate surface area is 186 Å². The van der Waals surface area contributed by atoms with Gasteiger partial charge in [0.1, 0.15) is 5.82 Å². The van der Waals surface area contributed by atoms with Crippen molar-refractivity contribution in [3.8, 4) is 0 Å². The van der Waals surface area contributed by atoms with Gasteiger partial charge in [0.15, 0.2) is 17.5 Å². The average Bonchev–Trinajstić information content (AvgIpc) is 2.81. The SMILES string of the molecule is CCN(C)CCCNc1nc(/C=C/c2ccc(F)c(F)c2)nc2cc3ccccc3cc12. The summed E-state index contributed by atoms with van der Waals surface area (Å²) in [5.41, 5.74) is 1.38. The highest BCUT2D eigenvalue weighted by molar-refractivity contribution is 6.01. The van der Waals surface area contributed by atoms with Crippen LogP contribution in [-0.4, -0.2) is 41.5 Å². The Hall–Kier alpha value is -3.38. The molecule has 32 heavy (non-hydrogen) atoms. The minimum absolute atomic E-state index is 0.505. The van der Waals surface area contributed by atoms with Crippen LogP contribution in [0.15, 0.2) is 54.6 Å². The quantitative estimate of drug-likeness (QED) is 0.274. The maximum Gasteiger partial charge on any atom is 0.159 e. The molecule has 0 aliphatic heterocycles. The van der Waals surface area contributed by atoms with Gasteiger partial charge in [0.2, 0.25) is 0 Å². The molecule has 4 nitrogen and oxygen atoms in total. The van der Waals surface area contributed by atoms with E-state index in [1.54, 1.807) is 12.2 Å². The van der Waals surface area contributed by atoms with E-state index in [-0.39, 0.29) is 0 Å². The van der Waals surface area contributed by atoms with Crippen molar-refractivity contribution in [2.45, 2.75) is 13.3 Å². The monoisotopic (exact) mass is 432 g/mol. The minimum Gasteiger partial charge on any atom is -0.369 e. The molecule has 0 atom stereocenters. The van der Waals surface area contributed by atoms with E-state index in [1.165, 1.54) is 6.07 Å². The molecule has 0 saturated heterocycles. The maximum atomic E-state index is 13.5. The molecule has 0 radical (unpaired) electrons. The van der Waals surface area contributed by atoms with Gasteiger partial charge < -0.3 is 10.2 Å². The van der Waals surface area contributed by atoms with Crippen LogP contribution in [-0.2, 0) is 0 Å². The lowest BCUT2D eigenvalue weighted by molar-refractivity contribution is 0.351. The number of fused-ring (bicyclic) bond motifs is 2. The smallest absolute Gasteiger partial charge is 0.159 e. The lowest BCUT2D eigenvalue weighted by atomic mass is 10.1. The van der Waals surface area contributed by atoms with Gasteiger partial charge >= 0.3 is 0 Å². The Morgan fingerprint density at radius 1 is 0.938 bits per heavy atom. The zero-order valence-corrected chi connectivity index (χ0v) is 18.3. The molecule has 0 bridgehead atoms. The number of nitrogens with zero attached hydrogens (tertiary/aromatic N) is 3. The molecule has 4 aromatic rings. The van der Waals surface area contributed by atoms with Crippen LogP contribution in [0.2, 0.25) is 0 Å². The molecule has 3 aromatic carbocycles. The lowest BCUT2D eigenvalue weighted by Crippen LogP contribution is -2.21. The molecule has 0 aliphatic carbocycles. The molecule has 0 fully saturated rings. The van der Waals surface area contributed by atoms with E-state index in [0.29, 0.717) is 11.4 Å². The standard InChI is InChI=1S/C26H26F2N4/c1-3-32(2)14-6-13-29-26-21-16-19-7-4-5-8-20(19)17-24(21)30-25(31-26)12-10-18-9-11-22(27)23(28)15-18/h4-5,7-12,15-17H,3,6,13-14H2,1-2H3,(H,29,30,31)/b12-10+. The normalized spacial score (nSPS) is 11.8. The third-order valence-electron chi connectivity index (χ3n) is 5.50. The highest BCUT2D eigenvalue weighted by atomic mass is 19.2. The molecular formula is C26H26F2N4. The van der Waals surface area contributed by atoms with Crippen molar-refractivity contribution in [3.63, 3.8) is 0 Å². The van der Waals surface area contributed by atoms with Crippen molar-refractivity contribution in [2.24, 2.45) is 0 Å². The Morgan fingerprint density at radius 2 is 1.72 bits per heavy atom. The number of hydrogen-bond acceptors (Lipinski definition) is 4. The number of rotatable bonds is 8. The molecule has 0 saturated carbocycles. The second-order valence-electron chi connectivity index (χ2n) is 7.83. The molecule has 0 amide bonds. The first-order valence-electron chi connectivity index (χ1n) is 10.8.